The average molecular weight is 318 g/mol. The lowest BCUT2D eigenvalue weighted by Crippen LogP contribution is -2.33. The van der Waals surface area contributed by atoms with E-state index in [1.165, 1.54) is 17.3 Å². The van der Waals surface area contributed by atoms with E-state index < -0.39 is 0 Å². The fourth-order valence-electron chi connectivity index (χ4n) is 2.00. The Morgan fingerprint density at radius 3 is 2.68 bits per heavy atom. The minimum Gasteiger partial charge on any atom is -0.355 e. The van der Waals surface area contributed by atoms with Crippen LogP contribution in [0.3, 0.4) is 0 Å². The van der Waals surface area contributed by atoms with E-state index in [1.807, 2.05) is 32.0 Å². The highest BCUT2D eigenvalue weighted by Gasteiger charge is 2.17. The molecule has 0 saturated carbocycles. The van der Waals surface area contributed by atoms with E-state index in [-0.39, 0.29) is 17.1 Å². The summed E-state index contributed by atoms with van der Waals surface area (Å²) >= 11 is 1.37. The molecule has 6 heteroatoms. The highest BCUT2D eigenvalue weighted by molar-refractivity contribution is 8.00. The normalized spacial score (nSPS) is 13.6. The first-order valence-electron chi connectivity index (χ1n) is 7.50. The molecule has 1 aromatic carbocycles. The minimum atomic E-state index is -0.219. The van der Waals surface area contributed by atoms with Crippen LogP contribution >= 0.6 is 11.8 Å². The molecule has 118 valence electrons. The van der Waals surface area contributed by atoms with Crippen LogP contribution in [-0.4, -0.2) is 32.9 Å². The number of hydrogen-bond acceptors (Lipinski definition) is 4. The molecule has 0 fully saturated rings. The molecule has 0 spiro atoms. The van der Waals surface area contributed by atoms with Crippen LogP contribution in [0.1, 0.15) is 38.1 Å². The van der Waals surface area contributed by atoms with E-state index in [1.54, 1.807) is 0 Å². The molecule has 2 rings (SSSR count). The zero-order valence-electron chi connectivity index (χ0n) is 13.2. The number of amides is 1. The van der Waals surface area contributed by atoms with Crippen LogP contribution in [0.2, 0.25) is 0 Å². The lowest BCUT2D eigenvalue weighted by molar-refractivity contribution is -0.120. The number of H-pyrrole nitrogens is 1. The molecule has 1 amide bonds. The summed E-state index contributed by atoms with van der Waals surface area (Å²) in [6, 6.07) is 10.2. The van der Waals surface area contributed by atoms with Crippen LogP contribution in [-0.2, 0) is 11.2 Å². The number of aryl methyl sites for hydroxylation is 1. The lowest BCUT2D eigenvalue weighted by Gasteiger charge is -2.15. The molecule has 0 aliphatic heterocycles. The van der Waals surface area contributed by atoms with Crippen LogP contribution in [0.25, 0.3) is 0 Å². The number of nitrogens with zero attached hydrogens (tertiary/aromatic N) is 2. The summed E-state index contributed by atoms with van der Waals surface area (Å²) in [5.74, 6) is 1.14. The average Bonchev–Trinajstić information content (AvgIpc) is 3.00. The smallest absolute Gasteiger partial charge is 0.233 e. The van der Waals surface area contributed by atoms with E-state index >= 15 is 0 Å². The third-order valence-corrected chi connectivity index (χ3v) is 4.41. The molecule has 2 N–H and O–H groups in total. The molecular weight excluding hydrogens is 296 g/mol. The maximum absolute atomic E-state index is 12.2. The predicted molar refractivity (Wildman–Crippen MR) is 88.9 cm³/mol. The molecule has 1 aromatic heterocycles. The van der Waals surface area contributed by atoms with Crippen molar-refractivity contribution in [2.24, 2.45) is 0 Å². The molecule has 0 aliphatic carbocycles. The van der Waals surface area contributed by atoms with E-state index in [0.717, 1.165) is 12.2 Å². The fourth-order valence-corrected chi connectivity index (χ4v) is 2.76. The molecule has 22 heavy (non-hydrogen) atoms. The number of carbonyl (C=O) groups is 1. The largest absolute Gasteiger partial charge is 0.355 e. The second-order valence-corrected chi connectivity index (χ2v) is 6.54. The second kappa shape index (κ2) is 7.98. The van der Waals surface area contributed by atoms with Crippen LogP contribution < -0.4 is 5.32 Å². The quantitative estimate of drug-likeness (QED) is 0.770. The number of nitrogens with one attached hydrogen (secondary N) is 2. The third-order valence-electron chi connectivity index (χ3n) is 3.45. The highest BCUT2D eigenvalue weighted by atomic mass is 32.2. The molecule has 0 saturated heterocycles. The zero-order valence-corrected chi connectivity index (χ0v) is 14.0. The molecule has 2 atom stereocenters. The maximum atomic E-state index is 12.2. The molecule has 0 radical (unpaired) electrons. The Balaban J connectivity index is 1.81. The van der Waals surface area contributed by atoms with Gasteiger partial charge in [-0.2, -0.15) is 0 Å². The van der Waals surface area contributed by atoms with Gasteiger partial charge in [0.05, 0.1) is 5.25 Å². The van der Waals surface area contributed by atoms with Gasteiger partial charge in [0.15, 0.2) is 0 Å². The van der Waals surface area contributed by atoms with Crippen molar-refractivity contribution in [3.05, 3.63) is 41.7 Å². The van der Waals surface area contributed by atoms with E-state index in [0.29, 0.717) is 11.7 Å². The van der Waals surface area contributed by atoms with Crippen molar-refractivity contribution in [2.75, 3.05) is 6.54 Å². The Morgan fingerprint density at radius 1 is 1.32 bits per heavy atom. The van der Waals surface area contributed by atoms with Crippen LogP contribution in [0.4, 0.5) is 0 Å². The summed E-state index contributed by atoms with van der Waals surface area (Å²) in [6.07, 6.45) is 0.808. The van der Waals surface area contributed by atoms with Gasteiger partial charge in [-0.25, -0.2) is 4.98 Å². The molecule has 2 aromatic rings. The standard InChI is InChI=1S/C16H22N4OS/c1-4-14-18-16(20-19-14)22-12(3)15(21)17-10-11(2)13-8-6-5-7-9-13/h5-9,11-12H,4,10H2,1-3H3,(H,17,21)(H,18,19,20). The van der Waals surface area contributed by atoms with Gasteiger partial charge in [0.1, 0.15) is 5.82 Å². The molecule has 2 unspecified atom stereocenters. The molecule has 1 heterocycles. The topological polar surface area (TPSA) is 70.7 Å². The van der Waals surface area contributed by atoms with Gasteiger partial charge in [-0.05, 0) is 18.4 Å². The summed E-state index contributed by atoms with van der Waals surface area (Å²) in [6.45, 7) is 6.61. The summed E-state index contributed by atoms with van der Waals surface area (Å²) in [4.78, 5) is 16.5. The maximum Gasteiger partial charge on any atom is 0.233 e. The van der Waals surface area contributed by atoms with Gasteiger partial charge in [0.2, 0.25) is 11.1 Å². The number of aromatic amines is 1. The number of aromatic nitrogens is 3. The van der Waals surface area contributed by atoms with Gasteiger partial charge in [-0.3, -0.25) is 9.89 Å². The first-order valence-corrected chi connectivity index (χ1v) is 8.38. The first kappa shape index (κ1) is 16.5. The number of rotatable bonds is 7. The monoisotopic (exact) mass is 318 g/mol. The van der Waals surface area contributed by atoms with Crippen molar-refractivity contribution in [1.82, 2.24) is 20.5 Å². The first-order chi connectivity index (χ1) is 10.6. The fraction of sp³-hybridized carbons (Fsp3) is 0.438. The van der Waals surface area contributed by atoms with Crippen LogP contribution in [0.5, 0.6) is 0 Å². The highest BCUT2D eigenvalue weighted by Crippen LogP contribution is 2.19. The Hall–Kier alpha value is -1.82. The van der Waals surface area contributed by atoms with Crippen LogP contribution in [0.15, 0.2) is 35.5 Å². The molecule has 5 nitrogen and oxygen atoms in total. The number of carbonyl (C=O) groups excluding carboxylic acids is 1. The lowest BCUT2D eigenvalue weighted by atomic mass is 10.0. The Kier molecular flexibility index (Phi) is 6.00. The summed E-state index contributed by atoms with van der Waals surface area (Å²) in [5, 5.41) is 10.4. The van der Waals surface area contributed by atoms with Gasteiger partial charge < -0.3 is 5.32 Å². The van der Waals surface area contributed by atoms with Crippen molar-refractivity contribution in [2.45, 2.75) is 43.5 Å². The Labute approximate surface area is 135 Å². The van der Waals surface area contributed by atoms with Gasteiger partial charge in [-0.15, -0.1) is 5.10 Å². The summed E-state index contributed by atoms with van der Waals surface area (Å²) in [5.41, 5.74) is 1.23. The molecular formula is C16H22N4OS. The van der Waals surface area contributed by atoms with Gasteiger partial charge >= 0.3 is 0 Å². The third kappa shape index (κ3) is 4.59. The minimum absolute atomic E-state index is 0.00984. The summed E-state index contributed by atoms with van der Waals surface area (Å²) in [7, 11) is 0. The SMILES string of the molecule is CCc1nc(SC(C)C(=O)NCC(C)c2ccccc2)n[nH]1. The molecule has 0 bridgehead atoms. The van der Waals surface area contributed by atoms with E-state index in [9.17, 15) is 4.79 Å². The van der Waals surface area contributed by atoms with Crippen molar-refractivity contribution < 1.29 is 4.79 Å². The van der Waals surface area contributed by atoms with E-state index in [4.69, 9.17) is 0 Å². The van der Waals surface area contributed by atoms with Gasteiger partial charge in [0, 0.05) is 13.0 Å². The van der Waals surface area contributed by atoms with Crippen LogP contribution in [0, 0.1) is 0 Å². The number of benzene rings is 1. The number of thioether (sulfide) groups is 1. The number of hydrogen-bond donors (Lipinski definition) is 2. The van der Waals surface area contributed by atoms with Crippen molar-refractivity contribution in [3.63, 3.8) is 0 Å². The Bertz CT molecular complexity index is 599. The van der Waals surface area contributed by atoms with E-state index in [2.05, 4.69) is 39.6 Å². The zero-order chi connectivity index (χ0) is 15.9. The predicted octanol–water partition coefficient (Wildman–Crippen LogP) is 2.77. The van der Waals surface area contributed by atoms with Crippen molar-refractivity contribution in [3.8, 4) is 0 Å². The molecule has 0 aliphatic rings. The second-order valence-electron chi connectivity index (χ2n) is 5.24. The van der Waals surface area contributed by atoms with Gasteiger partial charge in [-0.1, -0.05) is 55.9 Å². The van der Waals surface area contributed by atoms with Crippen molar-refractivity contribution in [1.29, 1.82) is 0 Å². The van der Waals surface area contributed by atoms with Gasteiger partial charge in [0.25, 0.3) is 0 Å². The summed E-state index contributed by atoms with van der Waals surface area (Å²) < 4.78 is 0. The Morgan fingerprint density at radius 2 is 2.05 bits per heavy atom. The van der Waals surface area contributed by atoms with Crippen molar-refractivity contribution >= 4 is 17.7 Å².